The van der Waals surface area contributed by atoms with Crippen molar-refractivity contribution in [1.29, 1.82) is 0 Å². The van der Waals surface area contributed by atoms with Gasteiger partial charge in [-0.2, -0.15) is 0 Å². The van der Waals surface area contributed by atoms with E-state index >= 15 is 0 Å². The zero-order valence-electron chi connectivity index (χ0n) is 12.3. The molecule has 0 aliphatic carbocycles. The van der Waals surface area contributed by atoms with E-state index in [1.165, 1.54) is 11.8 Å². The molecule has 1 aliphatic rings. The second kappa shape index (κ2) is 7.81. The van der Waals surface area contributed by atoms with Crippen LogP contribution in [0.3, 0.4) is 0 Å². The van der Waals surface area contributed by atoms with Crippen LogP contribution in [0, 0.1) is 0 Å². The monoisotopic (exact) mass is 353 g/mol. The zero-order valence-corrected chi connectivity index (χ0v) is 13.9. The molecule has 2 heterocycles. The van der Waals surface area contributed by atoms with Gasteiger partial charge in [-0.15, -0.1) is 10.2 Å². The highest BCUT2D eigenvalue weighted by atomic mass is 35.5. The van der Waals surface area contributed by atoms with Crippen molar-refractivity contribution in [2.75, 3.05) is 18.9 Å². The van der Waals surface area contributed by atoms with Gasteiger partial charge in [-0.25, -0.2) is 0 Å². The molecular formula is C15H16ClN3O3S. The predicted molar refractivity (Wildman–Crippen MR) is 87.5 cm³/mol. The van der Waals surface area contributed by atoms with E-state index < -0.39 is 0 Å². The molecule has 2 aromatic rings. The third kappa shape index (κ3) is 4.70. The summed E-state index contributed by atoms with van der Waals surface area (Å²) in [6.45, 7) is 1.34. The Labute approximate surface area is 142 Å². The molecular weight excluding hydrogens is 338 g/mol. The van der Waals surface area contributed by atoms with Crippen LogP contribution in [0.5, 0.6) is 0 Å². The lowest BCUT2D eigenvalue weighted by atomic mass is 10.2. The molecule has 23 heavy (non-hydrogen) atoms. The maximum absolute atomic E-state index is 11.8. The molecule has 0 saturated carbocycles. The second-order valence-corrected chi connectivity index (χ2v) is 6.47. The molecule has 1 atom stereocenters. The Morgan fingerprint density at radius 1 is 1.35 bits per heavy atom. The molecule has 1 aromatic carbocycles. The zero-order chi connectivity index (χ0) is 16.1. The second-order valence-electron chi connectivity index (χ2n) is 5.11. The number of hydrogen-bond donors (Lipinski definition) is 1. The first-order valence-corrected chi connectivity index (χ1v) is 8.67. The fraction of sp³-hybridized carbons (Fsp3) is 0.400. The van der Waals surface area contributed by atoms with E-state index in [1.807, 2.05) is 0 Å². The van der Waals surface area contributed by atoms with Crippen molar-refractivity contribution >= 4 is 29.3 Å². The number of nitrogens with one attached hydrogen (secondary N) is 1. The average Bonchev–Trinajstić information content (AvgIpc) is 3.23. The summed E-state index contributed by atoms with van der Waals surface area (Å²) in [4.78, 5) is 11.8. The molecule has 0 bridgehead atoms. The molecule has 0 radical (unpaired) electrons. The van der Waals surface area contributed by atoms with Crippen molar-refractivity contribution in [1.82, 2.24) is 15.5 Å². The Hall–Kier alpha value is -1.57. The number of nitrogens with zero attached hydrogens (tertiary/aromatic N) is 2. The van der Waals surface area contributed by atoms with Crippen LogP contribution in [0.25, 0.3) is 11.5 Å². The first-order valence-electron chi connectivity index (χ1n) is 7.31. The fourth-order valence-corrected chi connectivity index (χ4v) is 2.91. The van der Waals surface area contributed by atoms with Crippen LogP contribution in [0.2, 0.25) is 5.02 Å². The normalized spacial score (nSPS) is 17.3. The van der Waals surface area contributed by atoms with E-state index in [-0.39, 0.29) is 17.8 Å². The number of amides is 1. The Kier molecular flexibility index (Phi) is 5.53. The molecule has 8 heteroatoms. The van der Waals surface area contributed by atoms with Gasteiger partial charge in [-0.3, -0.25) is 4.79 Å². The van der Waals surface area contributed by atoms with Crippen molar-refractivity contribution < 1.29 is 13.9 Å². The van der Waals surface area contributed by atoms with E-state index in [0.29, 0.717) is 22.7 Å². The molecule has 6 nitrogen and oxygen atoms in total. The van der Waals surface area contributed by atoms with Gasteiger partial charge in [0.1, 0.15) is 0 Å². The molecule has 1 saturated heterocycles. The Balaban J connectivity index is 1.47. The quantitative estimate of drug-likeness (QED) is 0.805. The molecule has 1 unspecified atom stereocenters. The molecule has 3 rings (SSSR count). The number of thioether (sulfide) groups is 1. The summed E-state index contributed by atoms with van der Waals surface area (Å²) in [6, 6.07) is 7.12. The van der Waals surface area contributed by atoms with Crippen LogP contribution >= 0.6 is 23.4 Å². The minimum Gasteiger partial charge on any atom is -0.411 e. The van der Waals surface area contributed by atoms with E-state index in [1.54, 1.807) is 24.3 Å². The molecule has 1 amide bonds. The van der Waals surface area contributed by atoms with Crippen molar-refractivity contribution in [3.8, 4) is 11.5 Å². The SMILES string of the molecule is O=C(CSc1nnc(-c2ccc(Cl)cc2)o1)NCC1CCCO1. The summed E-state index contributed by atoms with van der Waals surface area (Å²) in [6.07, 6.45) is 2.20. The summed E-state index contributed by atoms with van der Waals surface area (Å²) in [7, 11) is 0. The van der Waals surface area contributed by atoms with Gasteiger partial charge in [0.25, 0.3) is 5.22 Å². The van der Waals surface area contributed by atoms with Crippen molar-refractivity contribution in [3.63, 3.8) is 0 Å². The lowest BCUT2D eigenvalue weighted by Crippen LogP contribution is -2.32. The van der Waals surface area contributed by atoms with Gasteiger partial charge >= 0.3 is 0 Å². The first-order chi connectivity index (χ1) is 11.2. The highest BCUT2D eigenvalue weighted by Crippen LogP contribution is 2.24. The molecule has 1 aliphatic heterocycles. The lowest BCUT2D eigenvalue weighted by molar-refractivity contribution is -0.119. The largest absolute Gasteiger partial charge is 0.411 e. The molecule has 1 N–H and O–H groups in total. The molecule has 0 spiro atoms. The summed E-state index contributed by atoms with van der Waals surface area (Å²) >= 11 is 7.05. The van der Waals surface area contributed by atoms with Gasteiger partial charge in [0.15, 0.2) is 0 Å². The Morgan fingerprint density at radius 3 is 2.91 bits per heavy atom. The molecule has 1 aromatic heterocycles. The van der Waals surface area contributed by atoms with Gasteiger partial charge in [-0.1, -0.05) is 23.4 Å². The van der Waals surface area contributed by atoms with E-state index in [4.69, 9.17) is 20.8 Å². The van der Waals surface area contributed by atoms with Gasteiger partial charge in [0.2, 0.25) is 11.8 Å². The average molecular weight is 354 g/mol. The standard InChI is InChI=1S/C15H16ClN3O3S/c16-11-5-3-10(4-6-11)14-18-19-15(22-14)23-9-13(20)17-8-12-2-1-7-21-12/h3-6,12H,1-2,7-9H2,(H,17,20). The van der Waals surface area contributed by atoms with Crippen molar-refractivity contribution in [2.45, 2.75) is 24.2 Å². The molecule has 122 valence electrons. The number of aromatic nitrogens is 2. The van der Waals surface area contributed by atoms with Crippen molar-refractivity contribution in [3.05, 3.63) is 29.3 Å². The summed E-state index contributed by atoms with van der Waals surface area (Å²) < 4.78 is 11.0. The van der Waals surface area contributed by atoms with Crippen LogP contribution in [0.15, 0.2) is 33.9 Å². The van der Waals surface area contributed by atoms with Crippen LogP contribution < -0.4 is 5.32 Å². The summed E-state index contributed by atoms with van der Waals surface area (Å²) in [5.41, 5.74) is 0.789. The lowest BCUT2D eigenvalue weighted by Gasteiger charge is -2.09. The van der Waals surface area contributed by atoms with Crippen LogP contribution in [0.4, 0.5) is 0 Å². The molecule has 1 fully saturated rings. The maximum atomic E-state index is 11.8. The number of rotatable bonds is 6. The summed E-state index contributed by atoms with van der Waals surface area (Å²) in [5, 5.41) is 11.8. The minimum absolute atomic E-state index is 0.0725. The Bertz CT molecular complexity index is 656. The topological polar surface area (TPSA) is 77.2 Å². The number of carbonyl (C=O) groups excluding carboxylic acids is 1. The third-order valence-electron chi connectivity index (χ3n) is 3.38. The Morgan fingerprint density at radius 2 is 2.17 bits per heavy atom. The van der Waals surface area contributed by atoms with Gasteiger partial charge < -0.3 is 14.5 Å². The summed E-state index contributed by atoms with van der Waals surface area (Å²) in [5.74, 6) is 0.565. The third-order valence-corrected chi connectivity index (χ3v) is 4.45. The minimum atomic E-state index is -0.0725. The van der Waals surface area contributed by atoms with Gasteiger partial charge in [0.05, 0.1) is 11.9 Å². The van der Waals surface area contributed by atoms with Crippen molar-refractivity contribution in [2.24, 2.45) is 0 Å². The first kappa shape index (κ1) is 16.3. The van der Waals surface area contributed by atoms with E-state index in [2.05, 4.69) is 15.5 Å². The highest BCUT2D eigenvalue weighted by Gasteiger charge is 2.17. The van der Waals surface area contributed by atoms with Gasteiger partial charge in [0, 0.05) is 23.7 Å². The van der Waals surface area contributed by atoms with Crippen LogP contribution in [0.1, 0.15) is 12.8 Å². The van der Waals surface area contributed by atoms with Gasteiger partial charge in [-0.05, 0) is 37.1 Å². The number of benzene rings is 1. The number of hydrogen-bond acceptors (Lipinski definition) is 6. The number of ether oxygens (including phenoxy) is 1. The predicted octanol–water partition coefficient (Wildman–Crippen LogP) is 2.78. The highest BCUT2D eigenvalue weighted by molar-refractivity contribution is 7.99. The maximum Gasteiger partial charge on any atom is 0.277 e. The van der Waals surface area contributed by atoms with Crippen LogP contribution in [-0.4, -0.2) is 41.1 Å². The van der Waals surface area contributed by atoms with Crippen LogP contribution in [-0.2, 0) is 9.53 Å². The van der Waals surface area contributed by atoms with E-state index in [9.17, 15) is 4.79 Å². The van der Waals surface area contributed by atoms with E-state index in [0.717, 1.165) is 25.0 Å². The number of carbonyl (C=O) groups is 1. The smallest absolute Gasteiger partial charge is 0.277 e. The number of halogens is 1. The fourth-order valence-electron chi connectivity index (χ4n) is 2.19.